The zero-order valence-electron chi connectivity index (χ0n) is 9.81. The van der Waals surface area contributed by atoms with Gasteiger partial charge >= 0.3 is 0 Å². The van der Waals surface area contributed by atoms with Crippen molar-refractivity contribution >= 4 is 5.95 Å². The molecule has 0 atom stereocenters. The zero-order valence-corrected chi connectivity index (χ0v) is 9.81. The van der Waals surface area contributed by atoms with Crippen LogP contribution in [0, 0.1) is 20.8 Å². The Morgan fingerprint density at radius 1 is 1.19 bits per heavy atom. The van der Waals surface area contributed by atoms with Gasteiger partial charge in [-0.3, -0.25) is 0 Å². The van der Waals surface area contributed by atoms with Crippen LogP contribution in [-0.2, 0) is 0 Å². The van der Waals surface area contributed by atoms with E-state index in [4.69, 9.17) is 0 Å². The van der Waals surface area contributed by atoms with Crippen LogP contribution in [0.25, 0.3) is 5.82 Å². The molecule has 2 aromatic rings. The van der Waals surface area contributed by atoms with Gasteiger partial charge in [-0.15, -0.1) is 5.10 Å². The standard InChI is InChI=1S/C10H14N6/c1-6-5-12-10(11-4)14-9(6)16-8(3)13-7(2)15-16/h5H,1-4H3,(H,11,12,14). The van der Waals surface area contributed by atoms with Crippen LogP contribution in [0.5, 0.6) is 0 Å². The fourth-order valence-electron chi connectivity index (χ4n) is 1.49. The van der Waals surface area contributed by atoms with Crippen LogP contribution in [-0.4, -0.2) is 31.8 Å². The molecule has 0 unspecified atom stereocenters. The Balaban J connectivity index is 2.58. The molecule has 6 heteroatoms. The first-order chi connectivity index (χ1) is 7.61. The highest BCUT2D eigenvalue weighted by molar-refractivity contribution is 5.37. The second kappa shape index (κ2) is 3.88. The van der Waals surface area contributed by atoms with Crippen LogP contribution in [0.15, 0.2) is 6.20 Å². The maximum Gasteiger partial charge on any atom is 0.224 e. The van der Waals surface area contributed by atoms with Crippen LogP contribution >= 0.6 is 0 Å². The van der Waals surface area contributed by atoms with Gasteiger partial charge in [0.15, 0.2) is 5.82 Å². The topological polar surface area (TPSA) is 68.5 Å². The highest BCUT2D eigenvalue weighted by Gasteiger charge is 2.10. The molecule has 0 aliphatic rings. The van der Waals surface area contributed by atoms with Gasteiger partial charge in [-0.25, -0.2) is 9.97 Å². The molecular formula is C10H14N6. The number of hydrogen-bond donors (Lipinski definition) is 1. The van der Waals surface area contributed by atoms with Crippen LogP contribution in [0.1, 0.15) is 17.2 Å². The fraction of sp³-hybridized carbons (Fsp3) is 0.400. The molecule has 0 amide bonds. The lowest BCUT2D eigenvalue weighted by atomic mass is 10.3. The zero-order chi connectivity index (χ0) is 11.7. The molecule has 84 valence electrons. The summed E-state index contributed by atoms with van der Waals surface area (Å²) in [6.07, 6.45) is 1.77. The van der Waals surface area contributed by atoms with Gasteiger partial charge in [0.1, 0.15) is 11.6 Å². The first-order valence-corrected chi connectivity index (χ1v) is 5.04. The molecule has 0 saturated carbocycles. The van der Waals surface area contributed by atoms with Gasteiger partial charge in [-0.1, -0.05) is 0 Å². The van der Waals surface area contributed by atoms with Crippen LogP contribution in [0.2, 0.25) is 0 Å². The van der Waals surface area contributed by atoms with Crippen molar-refractivity contribution in [2.24, 2.45) is 0 Å². The lowest BCUT2D eigenvalue weighted by molar-refractivity contribution is 0.791. The lowest BCUT2D eigenvalue weighted by Crippen LogP contribution is -2.08. The number of anilines is 1. The number of hydrogen-bond acceptors (Lipinski definition) is 5. The average Bonchev–Trinajstić information content (AvgIpc) is 2.58. The summed E-state index contributed by atoms with van der Waals surface area (Å²) in [4.78, 5) is 12.8. The molecule has 1 N–H and O–H groups in total. The van der Waals surface area contributed by atoms with Crippen LogP contribution in [0.4, 0.5) is 5.95 Å². The molecule has 6 nitrogen and oxygen atoms in total. The summed E-state index contributed by atoms with van der Waals surface area (Å²) < 4.78 is 1.73. The lowest BCUT2D eigenvalue weighted by Gasteiger charge is -2.07. The molecule has 2 rings (SSSR count). The van der Waals surface area contributed by atoms with Gasteiger partial charge in [-0.05, 0) is 20.8 Å². The Bertz CT molecular complexity index is 516. The third-order valence-corrected chi connectivity index (χ3v) is 2.24. The predicted octanol–water partition coefficient (Wildman–Crippen LogP) is 1.02. The molecule has 0 aliphatic carbocycles. The summed E-state index contributed by atoms with van der Waals surface area (Å²) in [5.74, 6) is 2.90. The van der Waals surface area contributed by atoms with E-state index in [0.717, 1.165) is 23.0 Å². The first kappa shape index (κ1) is 10.5. The molecule has 0 spiro atoms. The van der Waals surface area contributed by atoms with Crippen molar-refractivity contribution in [2.75, 3.05) is 12.4 Å². The fourth-order valence-corrected chi connectivity index (χ4v) is 1.49. The molecule has 0 fully saturated rings. The van der Waals surface area contributed by atoms with Gasteiger partial charge in [0.25, 0.3) is 0 Å². The number of nitrogens with one attached hydrogen (secondary N) is 1. The number of aryl methyl sites for hydroxylation is 3. The Hall–Kier alpha value is -1.98. The number of aromatic nitrogens is 5. The Morgan fingerprint density at radius 3 is 2.50 bits per heavy atom. The average molecular weight is 218 g/mol. The Morgan fingerprint density at radius 2 is 1.94 bits per heavy atom. The smallest absolute Gasteiger partial charge is 0.224 e. The second-order valence-electron chi connectivity index (χ2n) is 3.57. The van der Waals surface area contributed by atoms with E-state index in [1.807, 2.05) is 20.8 Å². The Labute approximate surface area is 93.8 Å². The molecule has 0 saturated heterocycles. The third-order valence-electron chi connectivity index (χ3n) is 2.24. The van der Waals surface area contributed by atoms with Crippen LogP contribution < -0.4 is 5.32 Å². The molecule has 0 bridgehead atoms. The van der Waals surface area contributed by atoms with Crippen LogP contribution in [0.3, 0.4) is 0 Å². The monoisotopic (exact) mass is 218 g/mol. The molecule has 2 aromatic heterocycles. The van der Waals surface area contributed by atoms with Gasteiger partial charge in [0, 0.05) is 18.8 Å². The van der Waals surface area contributed by atoms with E-state index in [-0.39, 0.29) is 0 Å². The molecule has 0 aliphatic heterocycles. The van der Waals surface area contributed by atoms with Crippen molar-refractivity contribution in [3.05, 3.63) is 23.4 Å². The summed E-state index contributed by atoms with van der Waals surface area (Å²) in [6, 6.07) is 0. The van der Waals surface area contributed by atoms with Crippen molar-refractivity contribution in [1.29, 1.82) is 0 Å². The largest absolute Gasteiger partial charge is 0.357 e. The van der Waals surface area contributed by atoms with Crippen molar-refractivity contribution in [2.45, 2.75) is 20.8 Å². The normalized spacial score (nSPS) is 10.5. The van der Waals surface area contributed by atoms with Gasteiger partial charge in [0.2, 0.25) is 5.95 Å². The number of rotatable bonds is 2. The molecule has 2 heterocycles. The summed E-state index contributed by atoms with van der Waals surface area (Å²) in [5.41, 5.74) is 0.965. The summed E-state index contributed by atoms with van der Waals surface area (Å²) in [6.45, 7) is 5.71. The molecule has 16 heavy (non-hydrogen) atoms. The van der Waals surface area contributed by atoms with E-state index >= 15 is 0 Å². The summed E-state index contributed by atoms with van der Waals surface area (Å²) in [7, 11) is 1.79. The highest BCUT2D eigenvalue weighted by atomic mass is 15.4. The predicted molar refractivity (Wildman–Crippen MR) is 60.7 cm³/mol. The van der Waals surface area contributed by atoms with E-state index < -0.39 is 0 Å². The van der Waals surface area contributed by atoms with E-state index in [2.05, 4.69) is 25.4 Å². The molecule has 0 radical (unpaired) electrons. The summed E-state index contributed by atoms with van der Waals surface area (Å²) in [5, 5.41) is 7.21. The first-order valence-electron chi connectivity index (χ1n) is 5.04. The molecule has 0 aromatic carbocycles. The van der Waals surface area contributed by atoms with Gasteiger partial charge < -0.3 is 5.32 Å². The van der Waals surface area contributed by atoms with Crippen molar-refractivity contribution in [3.63, 3.8) is 0 Å². The minimum absolute atomic E-state index is 0.577. The summed E-state index contributed by atoms with van der Waals surface area (Å²) >= 11 is 0. The van der Waals surface area contributed by atoms with Crippen molar-refractivity contribution in [1.82, 2.24) is 24.7 Å². The minimum atomic E-state index is 0.577. The maximum atomic E-state index is 4.37. The highest BCUT2D eigenvalue weighted by Crippen LogP contribution is 2.12. The maximum absolute atomic E-state index is 4.37. The van der Waals surface area contributed by atoms with E-state index in [0.29, 0.717) is 5.95 Å². The van der Waals surface area contributed by atoms with E-state index in [1.54, 1.807) is 17.9 Å². The minimum Gasteiger partial charge on any atom is -0.357 e. The number of nitrogens with zero attached hydrogens (tertiary/aromatic N) is 5. The quantitative estimate of drug-likeness (QED) is 0.815. The molecular weight excluding hydrogens is 204 g/mol. The Kier molecular flexibility index (Phi) is 2.55. The van der Waals surface area contributed by atoms with Crippen molar-refractivity contribution in [3.8, 4) is 5.82 Å². The third kappa shape index (κ3) is 1.73. The second-order valence-corrected chi connectivity index (χ2v) is 3.57. The van der Waals surface area contributed by atoms with Crippen molar-refractivity contribution < 1.29 is 0 Å². The SMILES string of the molecule is CNc1ncc(C)c(-n2nc(C)nc2C)n1. The van der Waals surface area contributed by atoms with E-state index in [9.17, 15) is 0 Å². The van der Waals surface area contributed by atoms with E-state index in [1.165, 1.54) is 0 Å². The van der Waals surface area contributed by atoms with Gasteiger partial charge in [-0.2, -0.15) is 9.67 Å². The van der Waals surface area contributed by atoms with Gasteiger partial charge in [0.05, 0.1) is 0 Å².